The van der Waals surface area contributed by atoms with Gasteiger partial charge >= 0.3 is 0 Å². The van der Waals surface area contributed by atoms with Crippen molar-refractivity contribution in [2.45, 2.75) is 0 Å². The number of hydrogen-bond acceptors (Lipinski definition) is 5. The summed E-state index contributed by atoms with van der Waals surface area (Å²) in [7, 11) is 0. The fraction of sp³-hybridized carbons (Fsp3) is 0. The van der Waals surface area contributed by atoms with Crippen molar-refractivity contribution in [3.8, 4) is 11.1 Å². The molecule has 4 nitrogen and oxygen atoms in total. The lowest BCUT2D eigenvalue weighted by atomic mass is 9.95. The van der Waals surface area contributed by atoms with Gasteiger partial charge in [0.15, 0.2) is 11.2 Å². The van der Waals surface area contributed by atoms with Crippen molar-refractivity contribution >= 4 is 153 Å². The molecule has 0 fully saturated rings. The van der Waals surface area contributed by atoms with Gasteiger partial charge in [0, 0.05) is 69.9 Å². The van der Waals surface area contributed by atoms with E-state index in [9.17, 15) is 0 Å². The highest BCUT2D eigenvalue weighted by Crippen LogP contribution is 2.53. The molecule has 0 atom stereocenters. The third kappa shape index (κ3) is 6.35. The first kappa shape index (κ1) is 41.9. The highest BCUT2D eigenvalue weighted by atomic mass is 32.1. The van der Waals surface area contributed by atoms with Gasteiger partial charge in [-0.25, -0.2) is 0 Å². The molecule has 16 aromatic rings. The van der Waals surface area contributed by atoms with Crippen molar-refractivity contribution in [2.24, 2.45) is 0 Å². The van der Waals surface area contributed by atoms with E-state index in [0.29, 0.717) is 0 Å². The Morgan fingerprint density at radius 2 is 0.853 bits per heavy atom. The quantitative estimate of drug-likeness (QED) is 0.149. The van der Waals surface area contributed by atoms with E-state index in [0.717, 1.165) is 99.7 Å². The zero-order valence-corrected chi connectivity index (χ0v) is 41.2. The average Bonchev–Trinajstić information content (AvgIpc) is 4.29. The molecule has 13 aromatic carbocycles. The van der Waals surface area contributed by atoms with E-state index >= 15 is 0 Å². The van der Waals surface area contributed by atoms with Gasteiger partial charge in [-0.05, 0) is 122 Å². The highest BCUT2D eigenvalue weighted by Gasteiger charge is 2.28. The summed E-state index contributed by atoms with van der Waals surface area (Å²) in [5.74, 6) is 0. The zero-order chi connectivity index (χ0) is 49.1. The number of nitrogens with zero attached hydrogens (tertiary/aromatic N) is 2. The van der Waals surface area contributed by atoms with E-state index in [-0.39, 0.29) is 0 Å². The topological polar surface area (TPSA) is 32.8 Å². The van der Waals surface area contributed by atoms with Crippen LogP contribution in [0, 0.1) is 0 Å². The molecular weight excluding hydrogens is 933 g/mol. The van der Waals surface area contributed by atoms with E-state index < -0.39 is 0 Å². The minimum absolute atomic E-state index is 0.818. The number of benzene rings is 13. The van der Waals surface area contributed by atoms with E-state index in [4.69, 9.17) is 8.83 Å². The molecule has 5 heteroatoms. The molecule has 0 aliphatic carbocycles. The molecular formula is C70H42N2O2S. The number of fused-ring (bicyclic) bond motifs is 19. The largest absolute Gasteiger partial charge is 0.454 e. The first-order valence-corrected chi connectivity index (χ1v) is 26.3. The summed E-state index contributed by atoms with van der Waals surface area (Å²) >= 11 is 1.85. The van der Waals surface area contributed by atoms with Crippen molar-refractivity contribution < 1.29 is 8.83 Å². The number of anilines is 6. The lowest BCUT2D eigenvalue weighted by Crippen LogP contribution is -2.10. The predicted octanol–water partition coefficient (Wildman–Crippen LogP) is 21.1. The second-order valence-corrected chi connectivity index (χ2v) is 20.5. The van der Waals surface area contributed by atoms with Gasteiger partial charge in [-0.1, -0.05) is 182 Å². The average molecular weight is 975 g/mol. The van der Waals surface area contributed by atoms with Crippen LogP contribution in [0.15, 0.2) is 264 Å². The molecule has 0 saturated heterocycles. The van der Waals surface area contributed by atoms with Crippen LogP contribution in [0.5, 0.6) is 0 Å². The SMILES string of the molecule is c1ccc(N(c2ccccc2)c2cccc(-c3ccc4c(c3)sc3c4c4ccccc4c4oc5c(N(c6ccccc6)c6cc7c8ccccc8ccc7c7c6oc6ccc8ccccc8c67)cccc5c43)c2)cc1. The summed E-state index contributed by atoms with van der Waals surface area (Å²) in [5.41, 5.74) is 11.9. The predicted molar refractivity (Wildman–Crippen MR) is 319 cm³/mol. The molecule has 75 heavy (non-hydrogen) atoms. The summed E-state index contributed by atoms with van der Waals surface area (Å²) < 4.78 is 17.1. The van der Waals surface area contributed by atoms with Gasteiger partial charge in [-0.2, -0.15) is 0 Å². The van der Waals surface area contributed by atoms with Crippen LogP contribution in [0.2, 0.25) is 0 Å². The van der Waals surface area contributed by atoms with Gasteiger partial charge in [0.05, 0.1) is 11.4 Å². The van der Waals surface area contributed by atoms with Gasteiger partial charge in [-0.3, -0.25) is 0 Å². The minimum Gasteiger partial charge on any atom is -0.454 e. The molecule has 3 heterocycles. The van der Waals surface area contributed by atoms with Crippen molar-refractivity contribution in [2.75, 3.05) is 9.80 Å². The van der Waals surface area contributed by atoms with E-state index in [2.05, 4.69) is 265 Å². The maximum atomic E-state index is 7.44. The molecule has 350 valence electrons. The van der Waals surface area contributed by atoms with Gasteiger partial charge in [0.1, 0.15) is 11.2 Å². The highest BCUT2D eigenvalue weighted by molar-refractivity contribution is 7.27. The molecule has 0 radical (unpaired) electrons. The Hall–Kier alpha value is -9.68. The Bertz CT molecular complexity index is 4920. The summed E-state index contributed by atoms with van der Waals surface area (Å²) in [6.45, 7) is 0. The second kappa shape index (κ2) is 16.4. The third-order valence-corrected chi connectivity index (χ3v) is 16.5. The van der Waals surface area contributed by atoms with E-state index in [1.165, 1.54) is 52.7 Å². The maximum absolute atomic E-state index is 7.44. The molecule has 0 aliphatic heterocycles. The van der Waals surface area contributed by atoms with E-state index in [1.807, 2.05) is 11.3 Å². The van der Waals surface area contributed by atoms with Gasteiger partial charge in [0.25, 0.3) is 0 Å². The molecule has 0 spiro atoms. The Balaban J connectivity index is 0.937. The van der Waals surface area contributed by atoms with E-state index in [1.54, 1.807) is 0 Å². The van der Waals surface area contributed by atoms with Crippen LogP contribution in [0.25, 0.3) is 118 Å². The first-order valence-electron chi connectivity index (χ1n) is 25.5. The summed E-state index contributed by atoms with van der Waals surface area (Å²) in [5, 5.41) is 16.2. The fourth-order valence-corrected chi connectivity index (χ4v) is 13.4. The van der Waals surface area contributed by atoms with Crippen molar-refractivity contribution in [1.29, 1.82) is 0 Å². The van der Waals surface area contributed by atoms with Crippen LogP contribution < -0.4 is 9.80 Å². The Morgan fingerprint density at radius 3 is 1.61 bits per heavy atom. The minimum atomic E-state index is 0.818. The number of para-hydroxylation sites is 4. The molecule has 0 aliphatic rings. The Labute approximate surface area is 434 Å². The van der Waals surface area contributed by atoms with Crippen LogP contribution in [0.1, 0.15) is 0 Å². The van der Waals surface area contributed by atoms with Crippen LogP contribution in [-0.2, 0) is 0 Å². The number of furan rings is 2. The standard InChI is InChI=1S/C70H42N2O2S/c1-4-21-47(22-5-1)71(48-23-6-2-7-24-48)50-27-16-20-45(40-50)46-35-38-56-62(41-46)75-70-63(56)53-30-14-15-31-55(53)68-66(70)57-32-17-33-59(67(57)74-68)72(49-25-8-3-9-26-49)60-42-58-51-28-12-10-18-43(51)34-37-54(58)65-64-52-29-13-11-19-44(52)36-39-61(64)73-69(60)65/h1-42H. The van der Waals surface area contributed by atoms with Crippen LogP contribution in [0.4, 0.5) is 34.1 Å². The lowest BCUT2D eigenvalue weighted by molar-refractivity contribution is 0.668. The number of hydrogen-bond donors (Lipinski definition) is 0. The van der Waals surface area contributed by atoms with Crippen molar-refractivity contribution in [3.05, 3.63) is 255 Å². The normalized spacial score (nSPS) is 12.0. The first-order chi connectivity index (χ1) is 37.2. The molecule has 16 rings (SSSR count). The van der Waals surface area contributed by atoms with Crippen LogP contribution >= 0.6 is 11.3 Å². The fourth-order valence-electron chi connectivity index (χ4n) is 12.1. The third-order valence-electron chi connectivity index (χ3n) is 15.3. The molecule has 3 aromatic heterocycles. The molecule has 0 saturated carbocycles. The summed E-state index contributed by atoms with van der Waals surface area (Å²) in [6.07, 6.45) is 0. The zero-order valence-electron chi connectivity index (χ0n) is 40.4. The summed E-state index contributed by atoms with van der Waals surface area (Å²) in [6, 6.07) is 91.7. The molecule has 0 unspecified atom stereocenters. The van der Waals surface area contributed by atoms with Crippen LogP contribution in [0.3, 0.4) is 0 Å². The molecule has 0 amide bonds. The monoisotopic (exact) mass is 974 g/mol. The van der Waals surface area contributed by atoms with Crippen molar-refractivity contribution in [1.82, 2.24) is 0 Å². The number of rotatable bonds is 7. The molecule has 0 N–H and O–H groups in total. The Kier molecular flexibility index (Phi) is 9.17. The molecule has 0 bridgehead atoms. The van der Waals surface area contributed by atoms with Gasteiger partial charge < -0.3 is 18.6 Å². The number of thiophene rings is 1. The Morgan fingerprint density at radius 1 is 0.280 bits per heavy atom. The second-order valence-electron chi connectivity index (χ2n) is 19.5. The van der Waals surface area contributed by atoms with Gasteiger partial charge in [0.2, 0.25) is 0 Å². The summed E-state index contributed by atoms with van der Waals surface area (Å²) in [4.78, 5) is 4.69. The lowest BCUT2D eigenvalue weighted by Gasteiger charge is -2.26. The smallest absolute Gasteiger partial charge is 0.160 e. The van der Waals surface area contributed by atoms with Crippen LogP contribution in [-0.4, -0.2) is 0 Å². The van der Waals surface area contributed by atoms with Crippen molar-refractivity contribution in [3.63, 3.8) is 0 Å². The maximum Gasteiger partial charge on any atom is 0.160 e. The van der Waals surface area contributed by atoms with Gasteiger partial charge in [-0.15, -0.1) is 11.3 Å².